The van der Waals surface area contributed by atoms with Crippen molar-refractivity contribution in [3.8, 4) is 0 Å². The highest BCUT2D eigenvalue weighted by atomic mass is 32.1. The van der Waals surface area contributed by atoms with E-state index < -0.39 is 5.41 Å². The van der Waals surface area contributed by atoms with Crippen LogP contribution in [0.4, 0.5) is 0 Å². The van der Waals surface area contributed by atoms with Crippen molar-refractivity contribution in [2.75, 3.05) is 27.2 Å². The first-order chi connectivity index (χ1) is 9.69. The number of nitrogens with one attached hydrogen (secondary N) is 1. The van der Waals surface area contributed by atoms with E-state index in [-0.39, 0.29) is 11.3 Å². The number of hydrogen-bond acceptors (Lipinski definition) is 3. The van der Waals surface area contributed by atoms with Gasteiger partial charge in [-0.05, 0) is 32.4 Å². The lowest BCUT2D eigenvalue weighted by Gasteiger charge is -2.33. The smallest absolute Gasteiger partial charge is 0.233 e. The van der Waals surface area contributed by atoms with Crippen LogP contribution in [0.5, 0.6) is 0 Å². The maximum absolute atomic E-state index is 12.8. The van der Waals surface area contributed by atoms with Crippen LogP contribution in [0.15, 0.2) is 0 Å². The third kappa shape index (κ3) is 5.22. The summed E-state index contributed by atoms with van der Waals surface area (Å²) in [4.78, 5) is 15.3. The van der Waals surface area contributed by atoms with Gasteiger partial charge >= 0.3 is 0 Å². The molecule has 0 saturated heterocycles. The van der Waals surface area contributed by atoms with Crippen LogP contribution < -0.4 is 11.1 Å². The summed E-state index contributed by atoms with van der Waals surface area (Å²) in [7, 11) is 4.09. The third-order valence-corrected chi connectivity index (χ3v) is 4.73. The Labute approximate surface area is 134 Å². The fraction of sp³-hybridized carbons (Fsp3) is 0.875. The molecule has 1 rings (SSSR count). The predicted octanol–water partition coefficient (Wildman–Crippen LogP) is 2.32. The molecule has 0 aromatic rings. The van der Waals surface area contributed by atoms with Crippen molar-refractivity contribution in [2.24, 2.45) is 16.6 Å². The van der Waals surface area contributed by atoms with Crippen LogP contribution in [0.1, 0.15) is 52.4 Å². The molecule has 4 nitrogen and oxygen atoms in total. The molecular weight excluding hydrogens is 282 g/mol. The zero-order valence-electron chi connectivity index (χ0n) is 14.0. The fourth-order valence-electron chi connectivity index (χ4n) is 3.32. The summed E-state index contributed by atoms with van der Waals surface area (Å²) in [5.41, 5.74) is 5.36. The number of thiocarbonyl (C=S) groups is 1. The Morgan fingerprint density at radius 1 is 1.24 bits per heavy atom. The summed E-state index contributed by atoms with van der Waals surface area (Å²) in [5.74, 6) is 0.0312. The Bertz CT molecular complexity index is 372. The lowest BCUT2D eigenvalue weighted by Crippen LogP contribution is -2.51. The molecule has 0 atom stereocenters. The summed E-state index contributed by atoms with van der Waals surface area (Å²) < 4.78 is 0. The summed E-state index contributed by atoms with van der Waals surface area (Å²) in [6, 6.07) is 0. The van der Waals surface area contributed by atoms with Gasteiger partial charge in [0.1, 0.15) is 0 Å². The third-order valence-electron chi connectivity index (χ3n) is 4.34. The maximum atomic E-state index is 12.8. The topological polar surface area (TPSA) is 58.4 Å². The van der Waals surface area contributed by atoms with Crippen LogP contribution in [-0.4, -0.2) is 43.0 Å². The van der Waals surface area contributed by atoms with Crippen LogP contribution >= 0.6 is 12.2 Å². The SMILES string of the molecule is CN(C)CC(C)(C)CNC(=O)C1(C(N)=S)CCCCCC1. The predicted molar refractivity (Wildman–Crippen MR) is 92.3 cm³/mol. The Kier molecular flexibility index (Phi) is 6.60. The quantitative estimate of drug-likeness (QED) is 0.583. The molecule has 1 aliphatic rings. The highest BCUT2D eigenvalue weighted by molar-refractivity contribution is 7.80. The number of nitrogens with two attached hydrogens (primary N) is 1. The van der Waals surface area contributed by atoms with Crippen molar-refractivity contribution in [3.63, 3.8) is 0 Å². The normalized spacial score (nSPS) is 19.1. The highest BCUT2D eigenvalue weighted by Gasteiger charge is 2.41. The first-order valence-electron chi connectivity index (χ1n) is 7.93. The molecule has 0 aliphatic heterocycles. The van der Waals surface area contributed by atoms with Crippen molar-refractivity contribution < 1.29 is 4.79 Å². The van der Waals surface area contributed by atoms with E-state index in [0.29, 0.717) is 11.5 Å². The van der Waals surface area contributed by atoms with Crippen molar-refractivity contribution in [2.45, 2.75) is 52.4 Å². The molecule has 1 saturated carbocycles. The average molecular weight is 314 g/mol. The molecular formula is C16H31N3OS. The minimum absolute atomic E-state index is 0.0291. The zero-order valence-corrected chi connectivity index (χ0v) is 14.8. The van der Waals surface area contributed by atoms with Crippen LogP contribution in [0.2, 0.25) is 0 Å². The van der Waals surface area contributed by atoms with Crippen LogP contribution in [0, 0.1) is 10.8 Å². The Balaban J connectivity index is 2.72. The molecule has 0 aromatic heterocycles. The number of carbonyl (C=O) groups excluding carboxylic acids is 1. The second-order valence-corrected chi connectivity index (χ2v) is 7.89. The first kappa shape index (κ1) is 18.4. The van der Waals surface area contributed by atoms with E-state index in [4.69, 9.17) is 18.0 Å². The fourth-order valence-corrected chi connectivity index (χ4v) is 3.61. The summed E-state index contributed by atoms with van der Waals surface area (Å²) in [5, 5.41) is 3.11. The van der Waals surface area contributed by atoms with Gasteiger partial charge in [0.25, 0.3) is 0 Å². The van der Waals surface area contributed by atoms with Crippen LogP contribution in [-0.2, 0) is 4.79 Å². The van der Waals surface area contributed by atoms with E-state index in [2.05, 4.69) is 24.1 Å². The molecule has 1 amide bonds. The van der Waals surface area contributed by atoms with Crippen molar-refractivity contribution in [1.82, 2.24) is 10.2 Å². The first-order valence-corrected chi connectivity index (χ1v) is 8.33. The Morgan fingerprint density at radius 2 is 1.76 bits per heavy atom. The monoisotopic (exact) mass is 313 g/mol. The molecule has 1 fully saturated rings. The highest BCUT2D eigenvalue weighted by Crippen LogP contribution is 2.36. The number of carbonyl (C=O) groups is 1. The summed E-state index contributed by atoms with van der Waals surface area (Å²) >= 11 is 5.25. The number of nitrogens with zero attached hydrogens (tertiary/aromatic N) is 1. The Hall–Kier alpha value is -0.680. The van der Waals surface area contributed by atoms with Gasteiger partial charge in [-0.3, -0.25) is 4.79 Å². The molecule has 0 spiro atoms. The molecule has 1 aliphatic carbocycles. The van der Waals surface area contributed by atoms with Gasteiger partial charge in [0.2, 0.25) is 5.91 Å². The van der Waals surface area contributed by atoms with Gasteiger partial charge in [-0.15, -0.1) is 0 Å². The zero-order chi connectivity index (χ0) is 16.1. The number of hydrogen-bond donors (Lipinski definition) is 2. The van der Waals surface area contributed by atoms with Gasteiger partial charge in [-0.1, -0.05) is 51.7 Å². The number of rotatable bonds is 6. The molecule has 21 heavy (non-hydrogen) atoms. The minimum Gasteiger partial charge on any atom is -0.392 e. The van der Waals surface area contributed by atoms with Crippen molar-refractivity contribution in [1.29, 1.82) is 0 Å². The van der Waals surface area contributed by atoms with Crippen LogP contribution in [0.25, 0.3) is 0 Å². The van der Waals surface area contributed by atoms with Gasteiger partial charge in [0, 0.05) is 13.1 Å². The minimum atomic E-state index is -0.625. The molecule has 122 valence electrons. The van der Waals surface area contributed by atoms with E-state index in [1.807, 2.05) is 14.1 Å². The van der Waals surface area contributed by atoms with Gasteiger partial charge < -0.3 is 16.0 Å². The van der Waals surface area contributed by atoms with E-state index in [9.17, 15) is 4.79 Å². The maximum Gasteiger partial charge on any atom is 0.233 e. The molecule has 0 unspecified atom stereocenters. The van der Waals surface area contributed by atoms with Gasteiger partial charge in [-0.25, -0.2) is 0 Å². The lowest BCUT2D eigenvalue weighted by atomic mass is 9.79. The Morgan fingerprint density at radius 3 is 2.19 bits per heavy atom. The second kappa shape index (κ2) is 7.54. The molecule has 5 heteroatoms. The number of amides is 1. The molecule has 0 aromatic carbocycles. The van der Waals surface area contributed by atoms with Crippen LogP contribution in [0.3, 0.4) is 0 Å². The molecule has 0 heterocycles. The standard InChI is InChI=1S/C16H31N3OS/c1-15(2,12-19(3)4)11-18-14(20)16(13(17)21)9-7-5-6-8-10-16/h5-12H2,1-4H3,(H2,17,21)(H,18,20). The van der Waals surface area contributed by atoms with E-state index in [1.54, 1.807) is 0 Å². The lowest BCUT2D eigenvalue weighted by molar-refractivity contribution is -0.128. The molecule has 0 bridgehead atoms. The van der Waals surface area contributed by atoms with Crippen molar-refractivity contribution in [3.05, 3.63) is 0 Å². The largest absolute Gasteiger partial charge is 0.392 e. The molecule has 3 N–H and O–H groups in total. The van der Waals surface area contributed by atoms with E-state index in [1.165, 1.54) is 12.8 Å². The second-order valence-electron chi connectivity index (χ2n) is 7.45. The van der Waals surface area contributed by atoms with Crippen molar-refractivity contribution >= 4 is 23.1 Å². The molecule has 0 radical (unpaired) electrons. The van der Waals surface area contributed by atoms with E-state index in [0.717, 1.165) is 32.2 Å². The average Bonchev–Trinajstić information content (AvgIpc) is 2.61. The van der Waals surface area contributed by atoms with Gasteiger partial charge in [0.05, 0.1) is 10.4 Å². The van der Waals surface area contributed by atoms with Gasteiger partial charge in [0.15, 0.2) is 0 Å². The van der Waals surface area contributed by atoms with Gasteiger partial charge in [-0.2, -0.15) is 0 Å². The summed E-state index contributed by atoms with van der Waals surface area (Å²) in [6.07, 6.45) is 6.00. The summed E-state index contributed by atoms with van der Waals surface area (Å²) in [6.45, 7) is 5.89. The van der Waals surface area contributed by atoms with E-state index >= 15 is 0 Å².